The number of hydrogen-bond acceptors (Lipinski definition) is 2. The summed E-state index contributed by atoms with van der Waals surface area (Å²) in [6, 6.07) is 0. The SMILES string of the molecule is CC(=O)N(C)CC=N. The van der Waals surface area contributed by atoms with Crippen molar-refractivity contribution in [3.05, 3.63) is 0 Å². The second-order valence-corrected chi connectivity index (χ2v) is 1.60. The molecule has 46 valence electrons. The van der Waals surface area contributed by atoms with Crippen LogP contribution in [0.5, 0.6) is 0 Å². The van der Waals surface area contributed by atoms with Gasteiger partial charge in [0.05, 0.1) is 6.54 Å². The van der Waals surface area contributed by atoms with E-state index in [0.29, 0.717) is 6.54 Å². The van der Waals surface area contributed by atoms with Crippen LogP contribution in [0.4, 0.5) is 0 Å². The van der Waals surface area contributed by atoms with Gasteiger partial charge in [-0.1, -0.05) is 0 Å². The third kappa shape index (κ3) is 2.34. The molecule has 0 aromatic carbocycles. The molecule has 1 amide bonds. The number of nitrogens with zero attached hydrogens (tertiary/aromatic N) is 1. The predicted molar refractivity (Wildman–Crippen MR) is 32.1 cm³/mol. The van der Waals surface area contributed by atoms with E-state index in [1.165, 1.54) is 18.0 Å². The first-order valence-corrected chi connectivity index (χ1v) is 2.39. The molecule has 0 aromatic rings. The molecule has 0 rings (SSSR count). The Morgan fingerprint density at radius 1 is 1.88 bits per heavy atom. The van der Waals surface area contributed by atoms with Crippen molar-refractivity contribution in [1.29, 1.82) is 5.41 Å². The Hall–Kier alpha value is -0.860. The first-order chi connectivity index (χ1) is 3.68. The lowest BCUT2D eigenvalue weighted by Gasteiger charge is -2.09. The molecule has 8 heavy (non-hydrogen) atoms. The van der Waals surface area contributed by atoms with Crippen molar-refractivity contribution in [2.45, 2.75) is 6.92 Å². The molecule has 0 atom stereocenters. The largest absolute Gasteiger partial charge is 0.341 e. The molecular weight excluding hydrogens is 104 g/mol. The normalized spacial score (nSPS) is 8.25. The lowest BCUT2D eigenvalue weighted by molar-refractivity contribution is -0.126. The van der Waals surface area contributed by atoms with Crippen LogP contribution in [0.2, 0.25) is 0 Å². The summed E-state index contributed by atoms with van der Waals surface area (Å²) in [6.45, 7) is 1.89. The second-order valence-electron chi connectivity index (χ2n) is 1.60. The van der Waals surface area contributed by atoms with Gasteiger partial charge >= 0.3 is 0 Å². The van der Waals surface area contributed by atoms with Crippen molar-refractivity contribution in [2.24, 2.45) is 0 Å². The molecule has 0 radical (unpaired) electrons. The summed E-state index contributed by atoms with van der Waals surface area (Å²) in [4.78, 5) is 11.8. The zero-order valence-corrected chi connectivity index (χ0v) is 5.14. The number of carbonyl (C=O) groups is 1. The van der Waals surface area contributed by atoms with Crippen molar-refractivity contribution in [3.8, 4) is 0 Å². The van der Waals surface area contributed by atoms with Gasteiger partial charge in [-0.05, 0) is 0 Å². The van der Waals surface area contributed by atoms with Crippen LogP contribution in [0.3, 0.4) is 0 Å². The molecule has 0 saturated carbocycles. The standard InChI is InChI=1S/C5H10N2O/c1-5(8)7(2)4-3-6/h3,6H,4H2,1-2H3. The van der Waals surface area contributed by atoms with E-state index in [-0.39, 0.29) is 5.91 Å². The number of carbonyl (C=O) groups excluding carboxylic acids is 1. The number of hydrogen-bond donors (Lipinski definition) is 1. The highest BCUT2D eigenvalue weighted by Gasteiger charge is 1.95. The molecule has 3 nitrogen and oxygen atoms in total. The van der Waals surface area contributed by atoms with Gasteiger partial charge in [0.2, 0.25) is 5.91 Å². The van der Waals surface area contributed by atoms with E-state index in [1.807, 2.05) is 0 Å². The van der Waals surface area contributed by atoms with E-state index in [1.54, 1.807) is 7.05 Å². The van der Waals surface area contributed by atoms with Gasteiger partial charge in [-0.3, -0.25) is 4.79 Å². The smallest absolute Gasteiger partial charge is 0.219 e. The summed E-state index contributed by atoms with van der Waals surface area (Å²) < 4.78 is 0. The molecule has 0 aliphatic rings. The Bertz CT molecular complexity index is 101. The minimum atomic E-state index is -0.00602. The zero-order chi connectivity index (χ0) is 6.57. The fraction of sp³-hybridized carbons (Fsp3) is 0.600. The maximum absolute atomic E-state index is 10.4. The molecule has 0 aliphatic heterocycles. The second kappa shape index (κ2) is 3.18. The minimum Gasteiger partial charge on any atom is -0.341 e. The Balaban J connectivity index is 3.46. The average Bonchev–Trinajstić information content (AvgIpc) is 1.67. The first-order valence-electron chi connectivity index (χ1n) is 2.39. The first kappa shape index (κ1) is 7.14. The van der Waals surface area contributed by atoms with Crippen LogP contribution in [-0.4, -0.2) is 30.6 Å². The highest BCUT2D eigenvalue weighted by molar-refractivity contribution is 5.75. The zero-order valence-electron chi connectivity index (χ0n) is 5.14. The predicted octanol–water partition coefficient (Wildman–Crippen LogP) is 0.114. The highest BCUT2D eigenvalue weighted by Crippen LogP contribution is 1.77. The molecule has 0 unspecified atom stereocenters. The van der Waals surface area contributed by atoms with Crippen LogP contribution in [-0.2, 0) is 4.79 Å². The molecule has 1 N–H and O–H groups in total. The molecule has 0 fully saturated rings. The van der Waals surface area contributed by atoms with Gasteiger partial charge in [0, 0.05) is 20.2 Å². The van der Waals surface area contributed by atoms with Crippen LogP contribution in [0.1, 0.15) is 6.92 Å². The van der Waals surface area contributed by atoms with Crippen LogP contribution >= 0.6 is 0 Å². The fourth-order valence-corrected chi connectivity index (χ4v) is 0.265. The summed E-state index contributed by atoms with van der Waals surface area (Å²) in [6.07, 6.45) is 1.20. The van der Waals surface area contributed by atoms with Crippen molar-refractivity contribution in [3.63, 3.8) is 0 Å². The number of amides is 1. The van der Waals surface area contributed by atoms with E-state index < -0.39 is 0 Å². The van der Waals surface area contributed by atoms with Crippen LogP contribution in [0.25, 0.3) is 0 Å². The molecule has 0 bridgehead atoms. The minimum absolute atomic E-state index is 0.00602. The Kier molecular flexibility index (Phi) is 2.84. The Morgan fingerprint density at radius 2 is 2.38 bits per heavy atom. The van der Waals surface area contributed by atoms with Crippen molar-refractivity contribution in [2.75, 3.05) is 13.6 Å². The van der Waals surface area contributed by atoms with Gasteiger partial charge in [-0.15, -0.1) is 0 Å². The fourth-order valence-electron chi connectivity index (χ4n) is 0.265. The lowest BCUT2D eigenvalue weighted by Crippen LogP contribution is -2.25. The molecule has 0 spiro atoms. The monoisotopic (exact) mass is 114 g/mol. The van der Waals surface area contributed by atoms with Gasteiger partial charge in [0.15, 0.2) is 0 Å². The summed E-state index contributed by atoms with van der Waals surface area (Å²) in [5.74, 6) is -0.00602. The van der Waals surface area contributed by atoms with Gasteiger partial charge in [-0.2, -0.15) is 0 Å². The molecule has 0 aromatic heterocycles. The summed E-state index contributed by atoms with van der Waals surface area (Å²) in [5, 5.41) is 6.61. The van der Waals surface area contributed by atoms with Gasteiger partial charge in [-0.25, -0.2) is 0 Å². The molecule has 3 heteroatoms. The average molecular weight is 114 g/mol. The molecule has 0 saturated heterocycles. The Labute approximate surface area is 48.8 Å². The van der Waals surface area contributed by atoms with E-state index >= 15 is 0 Å². The van der Waals surface area contributed by atoms with Crippen LogP contribution in [0, 0.1) is 5.41 Å². The highest BCUT2D eigenvalue weighted by atomic mass is 16.2. The van der Waals surface area contributed by atoms with E-state index in [2.05, 4.69) is 0 Å². The summed E-state index contributed by atoms with van der Waals surface area (Å²) in [5.41, 5.74) is 0. The number of rotatable bonds is 2. The van der Waals surface area contributed by atoms with Gasteiger partial charge < -0.3 is 10.3 Å². The van der Waals surface area contributed by atoms with E-state index in [9.17, 15) is 4.79 Å². The quantitative estimate of drug-likeness (QED) is 0.509. The van der Waals surface area contributed by atoms with Crippen molar-refractivity contribution >= 4 is 12.1 Å². The van der Waals surface area contributed by atoms with Gasteiger partial charge in [0.1, 0.15) is 0 Å². The summed E-state index contributed by atoms with van der Waals surface area (Å²) in [7, 11) is 1.66. The maximum atomic E-state index is 10.4. The van der Waals surface area contributed by atoms with Crippen LogP contribution in [0.15, 0.2) is 0 Å². The van der Waals surface area contributed by atoms with E-state index in [0.717, 1.165) is 0 Å². The maximum Gasteiger partial charge on any atom is 0.219 e. The van der Waals surface area contributed by atoms with Crippen molar-refractivity contribution in [1.82, 2.24) is 4.90 Å². The van der Waals surface area contributed by atoms with Gasteiger partial charge in [0.25, 0.3) is 0 Å². The topological polar surface area (TPSA) is 44.2 Å². The van der Waals surface area contributed by atoms with Crippen molar-refractivity contribution < 1.29 is 4.79 Å². The molecule has 0 aliphatic carbocycles. The third-order valence-corrected chi connectivity index (χ3v) is 0.903. The molecular formula is C5H10N2O. The Morgan fingerprint density at radius 3 is 2.50 bits per heavy atom. The summed E-state index contributed by atoms with van der Waals surface area (Å²) >= 11 is 0. The number of nitrogens with one attached hydrogen (secondary N) is 1. The third-order valence-electron chi connectivity index (χ3n) is 0.903. The van der Waals surface area contributed by atoms with Crippen LogP contribution < -0.4 is 0 Å². The molecule has 0 heterocycles. The van der Waals surface area contributed by atoms with E-state index in [4.69, 9.17) is 5.41 Å². The lowest BCUT2D eigenvalue weighted by atomic mass is 10.5.